The van der Waals surface area contributed by atoms with Crippen molar-refractivity contribution >= 4 is 5.91 Å². The number of carbonyl (C=O) groups is 1. The number of ether oxygens (including phenoxy) is 1. The van der Waals surface area contributed by atoms with Gasteiger partial charge in [0.2, 0.25) is 5.91 Å². The van der Waals surface area contributed by atoms with E-state index in [4.69, 9.17) is 4.74 Å². The van der Waals surface area contributed by atoms with Gasteiger partial charge in [0.05, 0.1) is 18.7 Å². The third-order valence-corrected chi connectivity index (χ3v) is 4.79. The van der Waals surface area contributed by atoms with Gasteiger partial charge in [-0.2, -0.15) is 5.10 Å². The quantitative estimate of drug-likeness (QED) is 0.828. The first-order chi connectivity index (χ1) is 10.5. The predicted molar refractivity (Wildman–Crippen MR) is 83.6 cm³/mol. The molecule has 2 N–H and O–H groups in total. The largest absolute Gasteiger partial charge is 0.396 e. The Hall–Kier alpha value is -1.40. The molecule has 2 rings (SSSR count). The van der Waals surface area contributed by atoms with Crippen molar-refractivity contribution in [2.24, 2.45) is 5.41 Å². The molecule has 1 aromatic heterocycles. The SMILES string of the molecule is COCC[C@]1(CO)CCCN(C(=O)Cc2c(C)n[nH]c2C)C1. The molecule has 0 radical (unpaired) electrons. The zero-order valence-corrected chi connectivity index (χ0v) is 13.8. The van der Waals surface area contributed by atoms with Crippen LogP contribution in [0.1, 0.15) is 36.2 Å². The monoisotopic (exact) mass is 309 g/mol. The minimum absolute atomic E-state index is 0.101. The number of nitrogens with zero attached hydrogens (tertiary/aromatic N) is 2. The van der Waals surface area contributed by atoms with Crippen LogP contribution < -0.4 is 0 Å². The lowest BCUT2D eigenvalue weighted by Gasteiger charge is -2.42. The molecule has 6 heteroatoms. The van der Waals surface area contributed by atoms with Crippen LogP contribution in [-0.2, 0) is 16.0 Å². The molecular weight excluding hydrogens is 282 g/mol. The van der Waals surface area contributed by atoms with E-state index in [2.05, 4.69) is 10.2 Å². The van der Waals surface area contributed by atoms with E-state index in [9.17, 15) is 9.90 Å². The molecule has 124 valence electrons. The van der Waals surface area contributed by atoms with Crippen LogP contribution in [0.5, 0.6) is 0 Å². The summed E-state index contributed by atoms with van der Waals surface area (Å²) in [5, 5.41) is 16.9. The molecule has 1 aliphatic rings. The summed E-state index contributed by atoms with van der Waals surface area (Å²) in [5.41, 5.74) is 2.61. The molecule has 6 nitrogen and oxygen atoms in total. The van der Waals surface area contributed by atoms with Crippen LogP contribution in [-0.4, -0.2) is 59.5 Å². The van der Waals surface area contributed by atoms with Crippen molar-refractivity contribution in [3.63, 3.8) is 0 Å². The van der Waals surface area contributed by atoms with Gasteiger partial charge in [-0.25, -0.2) is 0 Å². The molecule has 1 atom stereocenters. The molecule has 1 aromatic rings. The second-order valence-corrected chi connectivity index (χ2v) is 6.41. The number of amides is 1. The van der Waals surface area contributed by atoms with E-state index >= 15 is 0 Å². The molecule has 0 saturated carbocycles. The fourth-order valence-corrected chi connectivity index (χ4v) is 3.25. The lowest BCUT2D eigenvalue weighted by molar-refractivity contribution is -0.135. The molecule has 0 bridgehead atoms. The first kappa shape index (κ1) is 17.0. The fraction of sp³-hybridized carbons (Fsp3) is 0.750. The van der Waals surface area contributed by atoms with Gasteiger partial charge in [-0.3, -0.25) is 9.89 Å². The minimum atomic E-state index is -0.218. The Bertz CT molecular complexity index is 495. The summed E-state index contributed by atoms with van der Waals surface area (Å²) in [6.07, 6.45) is 3.03. The number of aromatic nitrogens is 2. The van der Waals surface area contributed by atoms with Crippen molar-refractivity contribution in [1.29, 1.82) is 0 Å². The second kappa shape index (κ2) is 7.24. The van der Waals surface area contributed by atoms with Crippen molar-refractivity contribution in [2.75, 3.05) is 33.4 Å². The van der Waals surface area contributed by atoms with E-state index in [1.165, 1.54) is 0 Å². The van der Waals surface area contributed by atoms with Crippen LogP contribution in [0, 0.1) is 19.3 Å². The number of aromatic amines is 1. The Morgan fingerprint density at radius 2 is 2.27 bits per heavy atom. The molecule has 1 aliphatic heterocycles. The number of aliphatic hydroxyl groups is 1. The first-order valence-corrected chi connectivity index (χ1v) is 7.89. The zero-order chi connectivity index (χ0) is 16.2. The summed E-state index contributed by atoms with van der Waals surface area (Å²) < 4.78 is 5.16. The van der Waals surface area contributed by atoms with Gasteiger partial charge < -0.3 is 14.7 Å². The molecule has 0 aromatic carbocycles. The number of nitrogens with one attached hydrogen (secondary N) is 1. The van der Waals surface area contributed by atoms with Crippen molar-refractivity contribution in [3.8, 4) is 0 Å². The summed E-state index contributed by atoms with van der Waals surface area (Å²) in [4.78, 5) is 14.5. The van der Waals surface area contributed by atoms with E-state index in [0.29, 0.717) is 19.6 Å². The number of H-pyrrole nitrogens is 1. The number of rotatable bonds is 6. The summed E-state index contributed by atoms with van der Waals surface area (Å²) >= 11 is 0. The standard InChI is InChI=1S/C16H27N3O3/c1-12-14(13(2)18-17-12)9-15(21)19-7-4-5-16(10-19,11-20)6-8-22-3/h20H,4-11H2,1-3H3,(H,17,18)/t16-/m1/s1. The van der Waals surface area contributed by atoms with Crippen molar-refractivity contribution in [2.45, 2.75) is 39.5 Å². The third kappa shape index (κ3) is 3.67. The lowest BCUT2D eigenvalue weighted by atomic mass is 9.78. The number of hydrogen-bond acceptors (Lipinski definition) is 4. The van der Waals surface area contributed by atoms with Crippen LogP contribution >= 0.6 is 0 Å². The van der Waals surface area contributed by atoms with Crippen LogP contribution in [0.4, 0.5) is 0 Å². The van der Waals surface area contributed by atoms with E-state index in [1.54, 1.807) is 7.11 Å². The number of methoxy groups -OCH3 is 1. The molecule has 0 aliphatic carbocycles. The summed E-state index contributed by atoms with van der Waals surface area (Å²) in [7, 11) is 1.67. The van der Waals surface area contributed by atoms with Gasteiger partial charge in [-0.1, -0.05) is 0 Å². The highest BCUT2D eigenvalue weighted by molar-refractivity contribution is 5.79. The number of aliphatic hydroxyl groups excluding tert-OH is 1. The van der Waals surface area contributed by atoms with E-state index in [-0.39, 0.29) is 17.9 Å². The fourth-order valence-electron chi connectivity index (χ4n) is 3.25. The Morgan fingerprint density at radius 1 is 1.50 bits per heavy atom. The van der Waals surface area contributed by atoms with Crippen molar-refractivity contribution < 1.29 is 14.6 Å². The molecule has 0 spiro atoms. The van der Waals surface area contributed by atoms with E-state index in [0.717, 1.165) is 42.8 Å². The molecule has 22 heavy (non-hydrogen) atoms. The van der Waals surface area contributed by atoms with Crippen molar-refractivity contribution in [3.05, 3.63) is 17.0 Å². The maximum absolute atomic E-state index is 12.6. The van der Waals surface area contributed by atoms with Gasteiger partial charge >= 0.3 is 0 Å². The van der Waals surface area contributed by atoms with Gasteiger partial charge in [0.25, 0.3) is 0 Å². The van der Waals surface area contributed by atoms with Crippen molar-refractivity contribution in [1.82, 2.24) is 15.1 Å². The normalized spacial score (nSPS) is 22.1. The minimum Gasteiger partial charge on any atom is -0.396 e. The van der Waals surface area contributed by atoms with Gasteiger partial charge in [-0.15, -0.1) is 0 Å². The Balaban J connectivity index is 2.03. The highest BCUT2D eigenvalue weighted by Gasteiger charge is 2.36. The number of hydrogen-bond donors (Lipinski definition) is 2. The zero-order valence-electron chi connectivity index (χ0n) is 13.8. The Kier molecular flexibility index (Phi) is 5.58. The molecule has 0 unspecified atom stereocenters. The Morgan fingerprint density at radius 3 is 2.86 bits per heavy atom. The van der Waals surface area contributed by atoms with Gasteiger partial charge in [0, 0.05) is 43.5 Å². The summed E-state index contributed by atoms with van der Waals surface area (Å²) in [6.45, 7) is 5.95. The van der Waals surface area contributed by atoms with Crippen LogP contribution in [0.15, 0.2) is 0 Å². The average molecular weight is 309 g/mol. The summed E-state index contributed by atoms with van der Waals surface area (Å²) in [6, 6.07) is 0. The first-order valence-electron chi connectivity index (χ1n) is 7.89. The van der Waals surface area contributed by atoms with Gasteiger partial charge in [-0.05, 0) is 33.1 Å². The smallest absolute Gasteiger partial charge is 0.227 e. The molecule has 2 heterocycles. The van der Waals surface area contributed by atoms with E-state index in [1.807, 2.05) is 18.7 Å². The van der Waals surface area contributed by atoms with Gasteiger partial charge in [0.1, 0.15) is 0 Å². The maximum atomic E-state index is 12.6. The third-order valence-electron chi connectivity index (χ3n) is 4.79. The highest BCUT2D eigenvalue weighted by atomic mass is 16.5. The Labute approximate surface area is 131 Å². The number of carbonyl (C=O) groups excluding carboxylic acids is 1. The molecular formula is C16H27N3O3. The van der Waals surface area contributed by atoms with Crippen LogP contribution in [0.25, 0.3) is 0 Å². The molecule has 1 saturated heterocycles. The topological polar surface area (TPSA) is 78.5 Å². The highest BCUT2D eigenvalue weighted by Crippen LogP contribution is 2.33. The maximum Gasteiger partial charge on any atom is 0.227 e. The number of aryl methyl sites for hydroxylation is 2. The lowest BCUT2D eigenvalue weighted by Crippen LogP contribution is -2.48. The van der Waals surface area contributed by atoms with E-state index < -0.39 is 0 Å². The second-order valence-electron chi connectivity index (χ2n) is 6.41. The van der Waals surface area contributed by atoms with Gasteiger partial charge in [0.15, 0.2) is 0 Å². The number of piperidine rings is 1. The average Bonchev–Trinajstić information content (AvgIpc) is 2.85. The molecule has 1 amide bonds. The molecule has 1 fully saturated rings. The number of likely N-dealkylation sites (tertiary alicyclic amines) is 1. The summed E-state index contributed by atoms with van der Waals surface area (Å²) in [5.74, 6) is 0.113. The predicted octanol–water partition coefficient (Wildman–Crippen LogP) is 1.21. The van der Waals surface area contributed by atoms with Crippen LogP contribution in [0.3, 0.4) is 0 Å². The van der Waals surface area contributed by atoms with Crippen LogP contribution in [0.2, 0.25) is 0 Å².